The molecule has 3 atom stereocenters. The van der Waals surface area contributed by atoms with Gasteiger partial charge in [0.1, 0.15) is 23.4 Å². The topological polar surface area (TPSA) is 97.0 Å². The maximum atomic E-state index is 14.5. The van der Waals surface area contributed by atoms with E-state index in [1.165, 1.54) is 0 Å². The molecule has 42 heavy (non-hydrogen) atoms. The lowest BCUT2D eigenvalue weighted by molar-refractivity contribution is -0.143. The van der Waals surface area contributed by atoms with E-state index in [9.17, 15) is 14.4 Å². The molecule has 3 rings (SSSR count). The summed E-state index contributed by atoms with van der Waals surface area (Å²) in [6, 6.07) is 21.8. The Labute approximate surface area is 249 Å². The lowest BCUT2D eigenvalue weighted by Crippen LogP contribution is -2.55. The minimum absolute atomic E-state index is 0.229. The molecule has 3 aromatic rings. The van der Waals surface area contributed by atoms with Crippen LogP contribution in [-0.4, -0.2) is 47.6 Å². The number of rotatable bonds is 11. The van der Waals surface area contributed by atoms with E-state index < -0.39 is 23.8 Å². The number of carbonyl (C=O) groups is 3. The second-order valence-electron chi connectivity index (χ2n) is 11.4. The van der Waals surface area contributed by atoms with Gasteiger partial charge in [0.15, 0.2) is 0 Å². The molecule has 0 spiro atoms. The van der Waals surface area contributed by atoms with Crippen LogP contribution >= 0.6 is 0 Å². The fourth-order valence-electron chi connectivity index (χ4n) is 4.55. The molecule has 0 aliphatic carbocycles. The number of aryl methyl sites for hydroxylation is 1. The van der Waals surface area contributed by atoms with E-state index in [0.717, 1.165) is 11.1 Å². The van der Waals surface area contributed by atoms with Crippen LogP contribution in [0.4, 0.5) is 10.5 Å². The van der Waals surface area contributed by atoms with Crippen LogP contribution in [0.15, 0.2) is 78.9 Å². The molecule has 0 fully saturated rings. The summed E-state index contributed by atoms with van der Waals surface area (Å²) in [4.78, 5) is 43.1. The smallest absolute Gasteiger partial charge is 0.408 e. The second kappa shape index (κ2) is 14.5. The average Bonchev–Trinajstić information content (AvgIpc) is 2.95. The first kappa shape index (κ1) is 32.2. The van der Waals surface area contributed by atoms with Gasteiger partial charge < -0.3 is 25.0 Å². The number of carbonyl (C=O) groups excluding carboxylic acids is 3. The number of methoxy groups -OCH3 is 1. The van der Waals surface area contributed by atoms with Crippen molar-refractivity contribution in [3.05, 3.63) is 95.6 Å². The average molecular weight is 574 g/mol. The largest absolute Gasteiger partial charge is 0.497 e. The van der Waals surface area contributed by atoms with Gasteiger partial charge in [-0.2, -0.15) is 0 Å². The third kappa shape index (κ3) is 9.09. The molecule has 0 bridgehead atoms. The van der Waals surface area contributed by atoms with Gasteiger partial charge in [0, 0.05) is 18.2 Å². The van der Waals surface area contributed by atoms with Gasteiger partial charge in [-0.3, -0.25) is 9.59 Å². The van der Waals surface area contributed by atoms with Crippen LogP contribution in [0, 0.1) is 6.92 Å². The van der Waals surface area contributed by atoms with Crippen molar-refractivity contribution in [2.45, 2.75) is 78.1 Å². The van der Waals surface area contributed by atoms with Gasteiger partial charge in [-0.15, -0.1) is 0 Å². The van der Waals surface area contributed by atoms with E-state index in [4.69, 9.17) is 9.47 Å². The molecule has 224 valence electrons. The van der Waals surface area contributed by atoms with Crippen molar-refractivity contribution >= 4 is 23.6 Å². The highest BCUT2D eigenvalue weighted by Crippen LogP contribution is 2.29. The molecule has 0 heterocycles. The highest BCUT2D eigenvalue weighted by Gasteiger charge is 2.38. The van der Waals surface area contributed by atoms with E-state index in [0.29, 0.717) is 23.4 Å². The number of hydrogen-bond donors (Lipinski definition) is 2. The third-order valence-corrected chi connectivity index (χ3v) is 6.87. The van der Waals surface area contributed by atoms with Gasteiger partial charge >= 0.3 is 6.09 Å². The Hall–Kier alpha value is -4.33. The zero-order valence-electron chi connectivity index (χ0n) is 25.6. The van der Waals surface area contributed by atoms with Crippen molar-refractivity contribution < 1.29 is 23.9 Å². The predicted molar refractivity (Wildman–Crippen MR) is 165 cm³/mol. The number of hydrogen-bond acceptors (Lipinski definition) is 5. The lowest BCUT2D eigenvalue weighted by Gasteiger charge is -2.38. The Morgan fingerprint density at radius 1 is 0.905 bits per heavy atom. The third-order valence-electron chi connectivity index (χ3n) is 6.87. The first-order chi connectivity index (χ1) is 19.9. The summed E-state index contributed by atoms with van der Waals surface area (Å²) in [6.45, 7) is 11.1. The van der Waals surface area contributed by atoms with E-state index >= 15 is 0 Å². The monoisotopic (exact) mass is 573 g/mol. The molecule has 0 saturated heterocycles. The summed E-state index contributed by atoms with van der Waals surface area (Å²) in [5, 5.41) is 5.78. The summed E-state index contributed by atoms with van der Waals surface area (Å²) < 4.78 is 10.8. The quantitative estimate of drug-likeness (QED) is 0.275. The molecule has 2 N–H and O–H groups in total. The van der Waals surface area contributed by atoms with Crippen LogP contribution in [0.25, 0.3) is 0 Å². The van der Waals surface area contributed by atoms with E-state index in [2.05, 4.69) is 10.6 Å². The zero-order chi connectivity index (χ0) is 30.9. The highest BCUT2D eigenvalue weighted by molar-refractivity contribution is 5.99. The molecule has 0 radical (unpaired) electrons. The van der Waals surface area contributed by atoms with Gasteiger partial charge in [-0.25, -0.2) is 4.79 Å². The molecular weight excluding hydrogens is 530 g/mol. The Morgan fingerprint density at radius 3 is 2.07 bits per heavy atom. The van der Waals surface area contributed by atoms with Crippen LogP contribution < -0.4 is 15.4 Å². The summed E-state index contributed by atoms with van der Waals surface area (Å²) in [6.07, 6.45) is 0.122. The van der Waals surface area contributed by atoms with Gasteiger partial charge in [0.25, 0.3) is 5.91 Å². The van der Waals surface area contributed by atoms with Crippen LogP contribution in [0.5, 0.6) is 5.75 Å². The molecule has 0 saturated carbocycles. The van der Waals surface area contributed by atoms with Crippen molar-refractivity contribution in [3.8, 4) is 5.75 Å². The Balaban J connectivity index is 2.06. The molecule has 8 nitrogen and oxygen atoms in total. The Bertz CT molecular complexity index is 1320. The number of anilines is 1. The van der Waals surface area contributed by atoms with Crippen LogP contribution in [0.2, 0.25) is 0 Å². The van der Waals surface area contributed by atoms with Gasteiger partial charge in [-0.1, -0.05) is 67.1 Å². The van der Waals surface area contributed by atoms with Gasteiger partial charge in [-0.05, 0) is 76.4 Å². The standard InChI is InChI=1S/C34H43N3O5/c1-8-24(3)37(32(39)29(22-25-12-10-9-11-13-25)36-33(40)42-34(4,5)6)30(26-16-14-23(2)15-17-26)31(38)35-27-18-20-28(41-7)21-19-27/h9-21,24,29-30H,8,22H2,1-7H3,(H,35,38)(H,36,40). The molecular formula is C34H43N3O5. The van der Waals surface area contributed by atoms with Crippen LogP contribution in [0.1, 0.15) is 63.8 Å². The summed E-state index contributed by atoms with van der Waals surface area (Å²) >= 11 is 0. The second-order valence-corrected chi connectivity index (χ2v) is 11.4. The van der Waals surface area contributed by atoms with Crippen molar-refractivity contribution in [2.24, 2.45) is 0 Å². The first-order valence-corrected chi connectivity index (χ1v) is 14.3. The zero-order valence-corrected chi connectivity index (χ0v) is 25.6. The molecule has 3 aromatic carbocycles. The van der Waals surface area contributed by atoms with Gasteiger partial charge in [0.2, 0.25) is 5.91 Å². The summed E-state index contributed by atoms with van der Waals surface area (Å²) in [5.74, 6) is -0.0839. The number of alkyl carbamates (subject to hydrolysis) is 1. The minimum Gasteiger partial charge on any atom is -0.497 e. The molecule has 0 aliphatic rings. The fraction of sp³-hybridized carbons (Fsp3) is 0.382. The SMILES string of the molecule is CCC(C)N(C(=O)C(Cc1ccccc1)NC(=O)OC(C)(C)C)C(C(=O)Nc1ccc(OC)cc1)c1ccc(C)cc1. The van der Waals surface area contributed by atoms with E-state index in [1.54, 1.807) is 57.0 Å². The maximum Gasteiger partial charge on any atom is 0.408 e. The molecule has 0 aliphatic heterocycles. The van der Waals surface area contributed by atoms with E-state index in [-0.39, 0.29) is 24.3 Å². The molecule has 8 heteroatoms. The number of nitrogens with zero attached hydrogens (tertiary/aromatic N) is 1. The molecule has 3 unspecified atom stereocenters. The summed E-state index contributed by atoms with van der Waals surface area (Å²) in [5.41, 5.74) is 2.38. The lowest BCUT2D eigenvalue weighted by atomic mass is 9.97. The Kier molecular flexibility index (Phi) is 11.1. The molecule has 0 aromatic heterocycles. The minimum atomic E-state index is -0.974. The van der Waals surface area contributed by atoms with Gasteiger partial charge in [0.05, 0.1) is 7.11 Å². The van der Waals surface area contributed by atoms with Crippen LogP contribution in [0.3, 0.4) is 0 Å². The number of ether oxygens (including phenoxy) is 2. The highest BCUT2D eigenvalue weighted by atomic mass is 16.6. The molecule has 3 amide bonds. The van der Waals surface area contributed by atoms with Crippen molar-refractivity contribution in [2.75, 3.05) is 12.4 Å². The number of amides is 3. The Morgan fingerprint density at radius 2 is 1.52 bits per heavy atom. The number of nitrogens with one attached hydrogen (secondary N) is 2. The van der Waals surface area contributed by atoms with Crippen molar-refractivity contribution in [3.63, 3.8) is 0 Å². The van der Waals surface area contributed by atoms with Crippen LogP contribution in [-0.2, 0) is 20.7 Å². The normalized spacial score (nSPS) is 13.3. The maximum absolute atomic E-state index is 14.5. The first-order valence-electron chi connectivity index (χ1n) is 14.3. The van der Waals surface area contributed by atoms with Crippen molar-refractivity contribution in [1.29, 1.82) is 0 Å². The van der Waals surface area contributed by atoms with E-state index in [1.807, 2.05) is 75.4 Å². The van der Waals surface area contributed by atoms with Crippen molar-refractivity contribution in [1.82, 2.24) is 10.2 Å². The predicted octanol–water partition coefficient (Wildman–Crippen LogP) is 6.45. The number of benzene rings is 3. The summed E-state index contributed by atoms with van der Waals surface area (Å²) in [7, 11) is 1.58. The fourth-order valence-corrected chi connectivity index (χ4v) is 4.55.